The Hall–Kier alpha value is -3.50. The average Bonchev–Trinajstić information content (AvgIpc) is 3.14. The summed E-state index contributed by atoms with van der Waals surface area (Å²) in [6, 6.07) is 15.1. The lowest BCUT2D eigenvalue weighted by Crippen LogP contribution is -2.31. The van der Waals surface area contributed by atoms with Gasteiger partial charge in [0.05, 0.1) is 28.0 Å². The van der Waals surface area contributed by atoms with Crippen LogP contribution in [-0.2, 0) is 17.1 Å². The van der Waals surface area contributed by atoms with Crippen molar-refractivity contribution in [3.63, 3.8) is 0 Å². The number of carbonyl (C=O) groups is 1. The number of aryl methyl sites for hydroxylation is 2. The summed E-state index contributed by atoms with van der Waals surface area (Å²) in [6.45, 7) is 3.66. The first-order chi connectivity index (χ1) is 15.8. The molecule has 0 atom stereocenters. The molecule has 4 aromatic rings. The Kier molecular flexibility index (Phi) is 6.05. The largest absolute Gasteiger partial charge is 0.320 e. The highest BCUT2D eigenvalue weighted by molar-refractivity contribution is 7.93. The second-order valence-electron chi connectivity index (χ2n) is 7.35. The van der Waals surface area contributed by atoms with Crippen molar-refractivity contribution in [3.05, 3.63) is 81.7 Å². The van der Waals surface area contributed by atoms with Gasteiger partial charge in [0.15, 0.2) is 0 Å². The second-order valence-corrected chi connectivity index (χ2v) is 10.2. The van der Waals surface area contributed by atoms with Crippen LogP contribution in [0.5, 0.6) is 0 Å². The molecule has 0 saturated carbocycles. The molecule has 0 spiro atoms. The van der Waals surface area contributed by atoms with Crippen LogP contribution < -0.4 is 15.2 Å². The molecule has 2 aromatic carbocycles. The molecule has 0 saturated heterocycles. The third-order valence-corrected chi connectivity index (χ3v) is 8.41. The minimum absolute atomic E-state index is 0.0168. The first kappa shape index (κ1) is 22.7. The lowest BCUT2D eigenvalue weighted by Gasteiger charge is -2.24. The molecule has 1 N–H and O–H groups in total. The number of thiophene rings is 1. The summed E-state index contributed by atoms with van der Waals surface area (Å²) in [5, 5.41) is 3.11. The lowest BCUT2D eigenvalue weighted by atomic mass is 10.2. The Labute approximate surface area is 195 Å². The van der Waals surface area contributed by atoms with Gasteiger partial charge in [-0.15, -0.1) is 11.3 Å². The zero-order valence-electron chi connectivity index (χ0n) is 18.3. The zero-order chi connectivity index (χ0) is 23.8. The van der Waals surface area contributed by atoms with Gasteiger partial charge < -0.3 is 9.88 Å². The third-order valence-electron chi connectivity index (χ3n) is 5.25. The monoisotopic (exact) mass is 482 g/mol. The lowest BCUT2D eigenvalue weighted by molar-refractivity contribution is 0.103. The molecule has 0 unspecified atom stereocenters. The topological polar surface area (TPSA) is 101 Å². The molecule has 0 fully saturated rings. The van der Waals surface area contributed by atoms with E-state index in [9.17, 15) is 18.0 Å². The first-order valence-corrected chi connectivity index (χ1v) is 12.4. The van der Waals surface area contributed by atoms with Gasteiger partial charge in [0.2, 0.25) is 0 Å². The maximum Gasteiger partial charge on any atom is 0.266 e. The molecule has 0 aliphatic rings. The fourth-order valence-electron chi connectivity index (χ4n) is 3.60. The fraction of sp³-hybridized carbons (Fsp3) is 0.174. The van der Waals surface area contributed by atoms with Gasteiger partial charge in [-0.2, -0.15) is 0 Å². The van der Waals surface area contributed by atoms with Gasteiger partial charge >= 0.3 is 0 Å². The van der Waals surface area contributed by atoms with Crippen LogP contribution in [0, 0.1) is 6.92 Å². The number of para-hydroxylation sites is 2. The molecule has 170 valence electrons. The highest BCUT2D eigenvalue weighted by atomic mass is 32.2. The minimum atomic E-state index is -3.95. The first-order valence-electron chi connectivity index (χ1n) is 10.2. The highest BCUT2D eigenvalue weighted by Gasteiger charge is 2.28. The fourth-order valence-corrected chi connectivity index (χ4v) is 6.26. The number of anilines is 2. The van der Waals surface area contributed by atoms with Gasteiger partial charge in [-0.3, -0.25) is 13.9 Å². The standard InChI is InChI=1S/C23H22N4O4S2/c1-4-27(16-10-6-5-7-11-16)33(30,31)18-13-9-8-12-17(18)25-21(28)20-15(2)19-22(32-20)24-14-26(3)23(19)29/h5-14H,4H2,1-3H3,(H,25,28). The number of sulfonamides is 1. The number of hydrogen-bond donors (Lipinski definition) is 1. The molecular formula is C23H22N4O4S2. The number of amides is 1. The van der Waals surface area contributed by atoms with Gasteiger partial charge in [-0.25, -0.2) is 13.4 Å². The van der Waals surface area contributed by atoms with Crippen LogP contribution in [0.25, 0.3) is 10.2 Å². The van der Waals surface area contributed by atoms with E-state index in [0.717, 1.165) is 11.3 Å². The van der Waals surface area contributed by atoms with Crippen LogP contribution in [0.15, 0.2) is 70.6 Å². The summed E-state index contributed by atoms with van der Waals surface area (Å²) in [5.41, 5.74) is 0.969. The number of aromatic nitrogens is 2. The van der Waals surface area contributed by atoms with Gasteiger partial charge in [0.25, 0.3) is 21.5 Å². The van der Waals surface area contributed by atoms with E-state index < -0.39 is 15.9 Å². The van der Waals surface area contributed by atoms with E-state index in [4.69, 9.17) is 0 Å². The van der Waals surface area contributed by atoms with Gasteiger partial charge in [0.1, 0.15) is 9.73 Å². The van der Waals surface area contributed by atoms with Crippen LogP contribution in [0.3, 0.4) is 0 Å². The summed E-state index contributed by atoms with van der Waals surface area (Å²) in [5.74, 6) is -0.497. The van der Waals surface area contributed by atoms with E-state index in [0.29, 0.717) is 26.3 Å². The summed E-state index contributed by atoms with van der Waals surface area (Å²) in [4.78, 5) is 30.6. The number of fused-ring (bicyclic) bond motifs is 1. The summed E-state index contributed by atoms with van der Waals surface area (Å²) >= 11 is 1.10. The summed E-state index contributed by atoms with van der Waals surface area (Å²) in [7, 11) is -2.36. The molecule has 0 bridgehead atoms. The minimum Gasteiger partial charge on any atom is -0.320 e. The van der Waals surface area contributed by atoms with Crippen molar-refractivity contribution in [3.8, 4) is 0 Å². The van der Waals surface area contributed by atoms with E-state index in [-0.39, 0.29) is 22.7 Å². The number of hydrogen-bond acceptors (Lipinski definition) is 6. The Morgan fingerprint density at radius 2 is 1.79 bits per heavy atom. The van der Waals surface area contributed by atoms with Gasteiger partial charge in [0, 0.05) is 13.6 Å². The van der Waals surface area contributed by atoms with Crippen molar-refractivity contribution >= 4 is 48.9 Å². The zero-order valence-corrected chi connectivity index (χ0v) is 19.9. The number of nitrogens with one attached hydrogen (secondary N) is 1. The van der Waals surface area contributed by atoms with Crippen molar-refractivity contribution in [1.82, 2.24) is 9.55 Å². The summed E-state index contributed by atoms with van der Waals surface area (Å²) < 4.78 is 29.7. The predicted molar refractivity (Wildman–Crippen MR) is 131 cm³/mol. The van der Waals surface area contributed by atoms with Crippen LogP contribution >= 0.6 is 11.3 Å². The quantitative estimate of drug-likeness (QED) is 0.451. The molecular weight excluding hydrogens is 460 g/mol. The number of benzene rings is 2. The van der Waals surface area contributed by atoms with E-state index >= 15 is 0 Å². The molecule has 10 heteroatoms. The predicted octanol–water partition coefficient (Wildman–Crippen LogP) is 3.77. The van der Waals surface area contributed by atoms with E-state index in [1.54, 1.807) is 63.4 Å². The van der Waals surface area contributed by atoms with Crippen molar-refractivity contribution in [2.75, 3.05) is 16.2 Å². The van der Waals surface area contributed by atoms with Crippen molar-refractivity contribution in [2.24, 2.45) is 7.05 Å². The van der Waals surface area contributed by atoms with E-state index in [2.05, 4.69) is 10.3 Å². The maximum atomic E-state index is 13.5. The van der Waals surface area contributed by atoms with Crippen LogP contribution in [-0.4, -0.2) is 30.4 Å². The highest BCUT2D eigenvalue weighted by Crippen LogP contribution is 2.31. The molecule has 0 aliphatic carbocycles. The second kappa shape index (κ2) is 8.80. The van der Waals surface area contributed by atoms with Crippen molar-refractivity contribution in [2.45, 2.75) is 18.7 Å². The third kappa shape index (κ3) is 4.03. The maximum absolute atomic E-state index is 13.5. The number of rotatable bonds is 6. The molecule has 33 heavy (non-hydrogen) atoms. The normalized spacial score (nSPS) is 11.5. The van der Waals surface area contributed by atoms with Gasteiger partial charge in [-0.1, -0.05) is 30.3 Å². The molecule has 4 rings (SSSR count). The number of nitrogens with zero attached hydrogens (tertiary/aromatic N) is 3. The van der Waals surface area contributed by atoms with Gasteiger partial charge in [-0.05, 0) is 43.7 Å². The number of carbonyl (C=O) groups excluding carboxylic acids is 1. The van der Waals surface area contributed by atoms with Crippen molar-refractivity contribution < 1.29 is 13.2 Å². The smallest absolute Gasteiger partial charge is 0.266 e. The van der Waals surface area contributed by atoms with Crippen LogP contribution in [0.2, 0.25) is 0 Å². The Morgan fingerprint density at radius 3 is 2.48 bits per heavy atom. The molecule has 2 aromatic heterocycles. The molecule has 0 aliphatic heterocycles. The van der Waals surface area contributed by atoms with Crippen LogP contribution in [0.1, 0.15) is 22.2 Å². The summed E-state index contributed by atoms with van der Waals surface area (Å²) in [6.07, 6.45) is 1.41. The van der Waals surface area contributed by atoms with E-state index in [1.807, 2.05) is 6.07 Å². The Morgan fingerprint density at radius 1 is 1.12 bits per heavy atom. The van der Waals surface area contributed by atoms with Crippen molar-refractivity contribution in [1.29, 1.82) is 0 Å². The Bertz CT molecular complexity index is 1510. The van der Waals surface area contributed by atoms with Crippen LogP contribution in [0.4, 0.5) is 11.4 Å². The average molecular weight is 483 g/mol. The molecule has 2 heterocycles. The SMILES string of the molecule is CCN(c1ccccc1)S(=O)(=O)c1ccccc1NC(=O)c1sc2ncn(C)c(=O)c2c1C. The van der Waals surface area contributed by atoms with E-state index in [1.165, 1.54) is 21.3 Å². The Balaban J connectivity index is 1.74. The molecule has 1 amide bonds. The molecule has 8 nitrogen and oxygen atoms in total. The molecule has 0 radical (unpaired) electrons.